The van der Waals surface area contributed by atoms with Crippen LogP contribution in [-0.4, -0.2) is 65.8 Å². The second kappa shape index (κ2) is 10.6. The van der Waals surface area contributed by atoms with Crippen molar-refractivity contribution < 1.29 is 52.0 Å². The highest BCUT2D eigenvalue weighted by Crippen LogP contribution is 2.37. The van der Waals surface area contributed by atoms with Crippen molar-refractivity contribution in [2.75, 3.05) is 6.61 Å². The molecule has 0 amide bonds. The third kappa shape index (κ3) is 5.65. The molecule has 0 spiro atoms. The number of aldehydes is 1. The van der Waals surface area contributed by atoms with E-state index in [4.69, 9.17) is 23.7 Å². The number of hydrogen-bond donors (Lipinski definition) is 0. The molecule has 1 aliphatic heterocycles. The lowest BCUT2D eigenvalue weighted by atomic mass is 9.97. The zero-order valence-corrected chi connectivity index (χ0v) is 19.4. The van der Waals surface area contributed by atoms with Crippen molar-refractivity contribution in [2.24, 2.45) is 0 Å². The molecule has 0 aliphatic carbocycles. The number of rotatable bonds is 7. The van der Waals surface area contributed by atoms with Crippen molar-refractivity contribution in [3.8, 4) is 0 Å². The monoisotopic (exact) mass is 493 g/mol. The fourth-order valence-corrected chi connectivity index (χ4v) is 4.03. The minimum absolute atomic E-state index is 0.00430. The van der Waals surface area contributed by atoms with Gasteiger partial charge in [-0.1, -0.05) is 6.07 Å². The van der Waals surface area contributed by atoms with Crippen molar-refractivity contribution in [1.82, 2.24) is 4.57 Å². The van der Waals surface area contributed by atoms with Crippen LogP contribution in [0, 0.1) is 5.82 Å². The van der Waals surface area contributed by atoms with Gasteiger partial charge in [-0.15, -0.1) is 0 Å². The molecule has 0 N–H and O–H groups in total. The fourth-order valence-electron chi connectivity index (χ4n) is 4.03. The summed E-state index contributed by atoms with van der Waals surface area (Å²) in [4.78, 5) is 58.9. The van der Waals surface area contributed by atoms with Crippen LogP contribution in [-0.2, 0) is 42.9 Å². The minimum atomic E-state index is -1.40. The zero-order chi connectivity index (χ0) is 25.9. The number of fused-ring (bicyclic) bond motifs is 1. The smallest absolute Gasteiger partial charge is 0.303 e. The Morgan fingerprint density at radius 2 is 1.54 bits per heavy atom. The van der Waals surface area contributed by atoms with E-state index in [1.807, 2.05) is 0 Å². The van der Waals surface area contributed by atoms with E-state index in [1.54, 1.807) is 0 Å². The molecule has 1 aromatic heterocycles. The van der Waals surface area contributed by atoms with Crippen LogP contribution in [0.3, 0.4) is 0 Å². The molecule has 1 saturated heterocycles. The minimum Gasteiger partial charge on any atom is -0.463 e. The van der Waals surface area contributed by atoms with Gasteiger partial charge >= 0.3 is 23.9 Å². The Morgan fingerprint density at radius 3 is 2.11 bits per heavy atom. The summed E-state index contributed by atoms with van der Waals surface area (Å²) in [7, 11) is 0. The van der Waals surface area contributed by atoms with Crippen LogP contribution in [0.5, 0.6) is 0 Å². The van der Waals surface area contributed by atoms with Crippen molar-refractivity contribution in [3.63, 3.8) is 0 Å². The Bertz CT molecular complexity index is 1160. The van der Waals surface area contributed by atoms with Gasteiger partial charge in [-0.05, 0) is 12.1 Å². The van der Waals surface area contributed by atoms with Gasteiger partial charge in [-0.3, -0.25) is 24.0 Å². The molecule has 0 radical (unpaired) electrons. The summed E-state index contributed by atoms with van der Waals surface area (Å²) < 4.78 is 43.2. The number of halogens is 1. The van der Waals surface area contributed by atoms with Gasteiger partial charge < -0.3 is 28.3 Å². The average Bonchev–Trinajstić information content (AvgIpc) is 3.14. The summed E-state index contributed by atoms with van der Waals surface area (Å²) in [6, 6.07) is 4.10. The van der Waals surface area contributed by atoms with Gasteiger partial charge in [0.05, 0.1) is 5.52 Å². The number of hydrogen-bond acceptors (Lipinski definition) is 10. The van der Waals surface area contributed by atoms with Gasteiger partial charge in [0, 0.05) is 44.8 Å². The quantitative estimate of drug-likeness (QED) is 0.319. The molecule has 0 unspecified atom stereocenters. The molecule has 188 valence electrons. The lowest BCUT2D eigenvalue weighted by molar-refractivity contribution is -0.267. The molecule has 5 atom stereocenters. The first-order valence-corrected chi connectivity index (χ1v) is 10.6. The van der Waals surface area contributed by atoms with Crippen molar-refractivity contribution in [3.05, 3.63) is 35.8 Å². The number of benzene rings is 1. The summed E-state index contributed by atoms with van der Waals surface area (Å²) in [6.45, 7) is 4.07. The van der Waals surface area contributed by atoms with Gasteiger partial charge in [0.25, 0.3) is 0 Å². The molecule has 0 saturated carbocycles. The molecule has 3 rings (SSSR count). The molecule has 1 aliphatic rings. The van der Waals surface area contributed by atoms with Crippen LogP contribution >= 0.6 is 0 Å². The molecule has 1 fully saturated rings. The lowest BCUT2D eigenvalue weighted by Crippen LogP contribution is -2.60. The van der Waals surface area contributed by atoms with Gasteiger partial charge in [0.15, 0.2) is 30.8 Å². The number of esters is 4. The molecule has 2 heterocycles. The topological polar surface area (TPSA) is 136 Å². The Morgan fingerprint density at radius 1 is 0.943 bits per heavy atom. The molecule has 2 aromatic rings. The standard InChI is InChI=1S/C23H24FNO10/c1-11(27)31-10-18-20(32-12(2)28)21(33-13(3)29)22(34-14(4)30)23(35-18)25-8-15(9-26)19-16(24)6-5-7-17(19)25/h5-9,18,20-23H,10H2,1-4H3/t18-,20-,21+,22-,23-/m1/s1. The summed E-state index contributed by atoms with van der Waals surface area (Å²) in [5, 5.41) is -0.00430. The number of nitrogens with zero attached hydrogens (tertiary/aromatic N) is 1. The van der Waals surface area contributed by atoms with Crippen LogP contribution in [0.1, 0.15) is 44.3 Å². The predicted octanol–water partition coefficient (Wildman–Crippen LogP) is 1.85. The van der Waals surface area contributed by atoms with Crippen LogP contribution < -0.4 is 0 Å². The molecule has 0 bridgehead atoms. The zero-order valence-electron chi connectivity index (χ0n) is 19.4. The van der Waals surface area contributed by atoms with E-state index in [-0.39, 0.29) is 16.5 Å². The molecule has 12 heteroatoms. The SMILES string of the molecule is CC(=O)OC[C@H]1O[C@@H](n2cc(C=O)c3c(F)cccc32)[C@H](OC(C)=O)[C@@H](OC(C)=O)[C@@H]1OC(C)=O. The van der Waals surface area contributed by atoms with Crippen molar-refractivity contribution in [2.45, 2.75) is 58.3 Å². The van der Waals surface area contributed by atoms with Crippen LogP contribution in [0.4, 0.5) is 4.39 Å². The second-order valence-electron chi connectivity index (χ2n) is 7.83. The van der Waals surface area contributed by atoms with Crippen LogP contribution in [0.25, 0.3) is 10.9 Å². The van der Waals surface area contributed by atoms with E-state index in [0.29, 0.717) is 6.29 Å². The van der Waals surface area contributed by atoms with E-state index < -0.39 is 66.9 Å². The predicted molar refractivity (Wildman–Crippen MR) is 114 cm³/mol. The number of carbonyl (C=O) groups excluding carboxylic acids is 5. The Labute approximate surface area is 199 Å². The van der Waals surface area contributed by atoms with Gasteiger partial charge in [-0.2, -0.15) is 0 Å². The van der Waals surface area contributed by atoms with Gasteiger partial charge in [0.2, 0.25) is 0 Å². The number of carbonyl (C=O) groups is 5. The fraction of sp³-hybridized carbons (Fsp3) is 0.435. The second-order valence-corrected chi connectivity index (χ2v) is 7.83. The first kappa shape index (κ1) is 25.8. The summed E-state index contributed by atoms with van der Waals surface area (Å²) in [6.07, 6.45) is -4.86. The Balaban J connectivity index is 2.20. The van der Waals surface area contributed by atoms with Gasteiger partial charge in [0.1, 0.15) is 18.5 Å². The maximum atomic E-state index is 14.6. The highest BCUT2D eigenvalue weighted by Gasteiger charge is 2.53. The summed E-state index contributed by atoms with van der Waals surface area (Å²) in [5.41, 5.74) is 0.207. The van der Waals surface area contributed by atoms with Crippen molar-refractivity contribution >= 4 is 41.1 Å². The molecule has 11 nitrogen and oxygen atoms in total. The first-order chi connectivity index (χ1) is 16.5. The van der Waals surface area contributed by atoms with E-state index in [1.165, 1.54) is 29.0 Å². The normalized spacial score (nSPS) is 23.9. The molecular weight excluding hydrogens is 469 g/mol. The van der Waals surface area contributed by atoms with E-state index in [9.17, 15) is 28.4 Å². The number of aromatic nitrogens is 1. The first-order valence-electron chi connectivity index (χ1n) is 10.6. The Kier molecular flexibility index (Phi) is 7.85. The summed E-state index contributed by atoms with van der Waals surface area (Å²) >= 11 is 0. The largest absolute Gasteiger partial charge is 0.463 e. The lowest BCUT2D eigenvalue weighted by Gasteiger charge is -2.44. The summed E-state index contributed by atoms with van der Waals surface area (Å²) in [5.74, 6) is -3.66. The number of ether oxygens (including phenoxy) is 5. The molecule has 1 aromatic carbocycles. The van der Waals surface area contributed by atoms with E-state index in [0.717, 1.165) is 27.7 Å². The third-order valence-corrected chi connectivity index (χ3v) is 5.20. The highest BCUT2D eigenvalue weighted by molar-refractivity contribution is 5.98. The maximum absolute atomic E-state index is 14.6. The average molecular weight is 493 g/mol. The van der Waals surface area contributed by atoms with Gasteiger partial charge in [-0.25, -0.2) is 4.39 Å². The molecule has 35 heavy (non-hydrogen) atoms. The third-order valence-electron chi connectivity index (χ3n) is 5.20. The van der Waals surface area contributed by atoms with E-state index >= 15 is 0 Å². The van der Waals surface area contributed by atoms with Crippen molar-refractivity contribution in [1.29, 1.82) is 0 Å². The van der Waals surface area contributed by atoms with Crippen LogP contribution in [0.15, 0.2) is 24.4 Å². The highest BCUT2D eigenvalue weighted by atomic mass is 19.1. The Hall–Kier alpha value is -3.80. The van der Waals surface area contributed by atoms with E-state index in [2.05, 4.69) is 0 Å². The maximum Gasteiger partial charge on any atom is 0.303 e. The van der Waals surface area contributed by atoms with Crippen LogP contribution in [0.2, 0.25) is 0 Å². The molecular formula is C23H24FNO10.